The third kappa shape index (κ3) is 2.61. The van der Waals surface area contributed by atoms with Gasteiger partial charge in [0.05, 0.1) is 17.6 Å². The van der Waals surface area contributed by atoms with Crippen molar-refractivity contribution < 1.29 is 4.79 Å². The Kier molecular flexibility index (Phi) is 3.21. The molecule has 1 unspecified atom stereocenters. The highest BCUT2D eigenvalue weighted by Gasteiger charge is 2.24. The van der Waals surface area contributed by atoms with Crippen molar-refractivity contribution in [3.05, 3.63) is 30.1 Å². The van der Waals surface area contributed by atoms with Crippen LogP contribution in [0.2, 0.25) is 0 Å². The van der Waals surface area contributed by atoms with Gasteiger partial charge in [0.1, 0.15) is 5.82 Å². The molecule has 100 valence electrons. The van der Waals surface area contributed by atoms with Crippen LogP contribution in [0.25, 0.3) is 11.0 Å². The summed E-state index contributed by atoms with van der Waals surface area (Å²) in [5, 5.41) is 0. The molecule has 1 fully saturated rings. The number of nitrogens with zero attached hydrogens (tertiary/aromatic N) is 2. The first-order valence-corrected chi connectivity index (χ1v) is 6.67. The number of hydrogen-bond acceptors (Lipinski definition) is 3. The molecule has 3 N–H and O–H groups in total. The molecule has 0 radical (unpaired) electrons. The lowest BCUT2D eigenvalue weighted by molar-refractivity contribution is -0.119. The molecular formula is C14H18N4O. The molecule has 3 rings (SSSR count). The number of amides is 1. The fraction of sp³-hybridized carbons (Fsp3) is 0.429. The van der Waals surface area contributed by atoms with E-state index in [4.69, 9.17) is 5.73 Å². The molecule has 1 amide bonds. The summed E-state index contributed by atoms with van der Waals surface area (Å²) in [4.78, 5) is 21.2. The number of nitrogens with one attached hydrogen (secondary N) is 1. The summed E-state index contributed by atoms with van der Waals surface area (Å²) in [5.74, 6) is 1.13. The van der Waals surface area contributed by atoms with E-state index in [0.717, 1.165) is 42.8 Å². The fourth-order valence-electron chi connectivity index (χ4n) is 2.81. The normalized spacial score (nSPS) is 20.7. The molecular weight excluding hydrogens is 240 g/mol. The summed E-state index contributed by atoms with van der Waals surface area (Å²) in [5.41, 5.74) is 7.34. The number of para-hydroxylation sites is 2. The van der Waals surface area contributed by atoms with Crippen LogP contribution in [0.3, 0.4) is 0 Å². The van der Waals surface area contributed by atoms with Gasteiger partial charge < -0.3 is 10.7 Å². The maximum absolute atomic E-state index is 11.0. The van der Waals surface area contributed by atoms with E-state index in [1.54, 1.807) is 0 Å². The van der Waals surface area contributed by atoms with Gasteiger partial charge in [0.15, 0.2) is 0 Å². The largest absolute Gasteiger partial charge is 0.369 e. The van der Waals surface area contributed by atoms with Crippen molar-refractivity contribution in [2.75, 3.05) is 19.6 Å². The average Bonchev–Trinajstić information content (AvgIpc) is 2.82. The van der Waals surface area contributed by atoms with Crippen molar-refractivity contribution >= 4 is 16.9 Å². The third-order valence-electron chi connectivity index (χ3n) is 3.68. The second kappa shape index (κ2) is 5.01. The Balaban J connectivity index is 1.79. The molecule has 0 spiro atoms. The van der Waals surface area contributed by atoms with Crippen molar-refractivity contribution in [1.29, 1.82) is 0 Å². The first kappa shape index (κ1) is 12.2. The molecule has 0 saturated carbocycles. The van der Waals surface area contributed by atoms with E-state index in [2.05, 4.69) is 14.9 Å². The highest BCUT2D eigenvalue weighted by Crippen LogP contribution is 2.26. The van der Waals surface area contributed by atoms with Crippen LogP contribution in [0, 0.1) is 0 Å². The van der Waals surface area contributed by atoms with E-state index < -0.39 is 0 Å². The van der Waals surface area contributed by atoms with Crippen molar-refractivity contribution in [3.63, 3.8) is 0 Å². The molecule has 1 aliphatic heterocycles. The Hall–Kier alpha value is -1.88. The smallest absolute Gasteiger partial charge is 0.231 e. The third-order valence-corrected chi connectivity index (χ3v) is 3.68. The van der Waals surface area contributed by atoms with Gasteiger partial charge in [0.25, 0.3) is 0 Å². The summed E-state index contributed by atoms with van der Waals surface area (Å²) in [7, 11) is 0. The number of aromatic amines is 1. The number of H-pyrrole nitrogens is 1. The Morgan fingerprint density at radius 1 is 1.47 bits per heavy atom. The molecule has 2 heterocycles. The summed E-state index contributed by atoms with van der Waals surface area (Å²) >= 11 is 0. The number of hydrogen-bond donors (Lipinski definition) is 2. The summed E-state index contributed by atoms with van der Waals surface area (Å²) < 4.78 is 0. The summed E-state index contributed by atoms with van der Waals surface area (Å²) in [6, 6.07) is 8.05. The molecule has 0 aliphatic carbocycles. The van der Waals surface area contributed by atoms with Crippen molar-refractivity contribution in [2.24, 2.45) is 5.73 Å². The van der Waals surface area contributed by atoms with Gasteiger partial charge >= 0.3 is 0 Å². The van der Waals surface area contributed by atoms with E-state index >= 15 is 0 Å². The van der Waals surface area contributed by atoms with Crippen molar-refractivity contribution in [1.82, 2.24) is 14.9 Å². The highest BCUT2D eigenvalue weighted by atomic mass is 16.1. The maximum atomic E-state index is 11.0. The zero-order chi connectivity index (χ0) is 13.2. The van der Waals surface area contributed by atoms with Crippen LogP contribution in [-0.4, -0.2) is 40.4 Å². The number of nitrogens with two attached hydrogens (primary N) is 1. The van der Waals surface area contributed by atoms with Crippen LogP contribution >= 0.6 is 0 Å². The van der Waals surface area contributed by atoms with Gasteiger partial charge in [0, 0.05) is 12.5 Å². The highest BCUT2D eigenvalue weighted by molar-refractivity contribution is 5.76. The Bertz CT molecular complexity index is 559. The first-order chi connectivity index (χ1) is 9.22. The molecule has 1 saturated heterocycles. The second-order valence-corrected chi connectivity index (χ2v) is 5.18. The lowest BCUT2D eigenvalue weighted by Crippen LogP contribution is -2.40. The lowest BCUT2D eigenvalue weighted by Gasteiger charge is -2.30. The van der Waals surface area contributed by atoms with Gasteiger partial charge in [-0.05, 0) is 31.5 Å². The van der Waals surface area contributed by atoms with Crippen molar-refractivity contribution in [2.45, 2.75) is 18.8 Å². The number of benzene rings is 1. The standard InChI is InChI=1S/C14H18N4O/c15-13(19)9-18-7-3-4-10(8-18)14-16-11-5-1-2-6-12(11)17-14/h1-2,5-6,10H,3-4,7-9H2,(H2,15,19)(H,16,17). The molecule has 1 aliphatic rings. The first-order valence-electron chi connectivity index (χ1n) is 6.67. The zero-order valence-electron chi connectivity index (χ0n) is 10.8. The minimum absolute atomic E-state index is 0.259. The van der Waals surface area contributed by atoms with Crippen LogP contribution in [-0.2, 0) is 4.79 Å². The van der Waals surface area contributed by atoms with Gasteiger partial charge in [-0.1, -0.05) is 12.1 Å². The topological polar surface area (TPSA) is 75.0 Å². The number of fused-ring (bicyclic) bond motifs is 1. The predicted octanol–water partition coefficient (Wildman–Crippen LogP) is 1.23. The van der Waals surface area contributed by atoms with E-state index in [1.807, 2.05) is 24.3 Å². The van der Waals surface area contributed by atoms with Gasteiger partial charge in [-0.3, -0.25) is 9.69 Å². The number of imidazole rings is 1. The Morgan fingerprint density at radius 3 is 3.11 bits per heavy atom. The Labute approximate surface area is 111 Å². The monoisotopic (exact) mass is 258 g/mol. The lowest BCUT2D eigenvalue weighted by atomic mass is 9.97. The number of carbonyl (C=O) groups is 1. The molecule has 1 atom stereocenters. The van der Waals surface area contributed by atoms with Crippen LogP contribution in [0.5, 0.6) is 0 Å². The van der Waals surface area contributed by atoms with Crippen LogP contribution in [0.4, 0.5) is 0 Å². The molecule has 5 heteroatoms. The van der Waals surface area contributed by atoms with Crippen LogP contribution < -0.4 is 5.73 Å². The van der Waals surface area contributed by atoms with Crippen LogP contribution in [0.1, 0.15) is 24.6 Å². The van der Waals surface area contributed by atoms with E-state index in [-0.39, 0.29) is 5.91 Å². The molecule has 2 aromatic rings. The number of carbonyl (C=O) groups excluding carboxylic acids is 1. The molecule has 0 bridgehead atoms. The maximum Gasteiger partial charge on any atom is 0.231 e. The van der Waals surface area contributed by atoms with Crippen LogP contribution in [0.15, 0.2) is 24.3 Å². The number of primary amides is 1. The summed E-state index contributed by atoms with van der Waals surface area (Å²) in [6.45, 7) is 2.14. The fourth-order valence-corrected chi connectivity index (χ4v) is 2.81. The zero-order valence-corrected chi connectivity index (χ0v) is 10.8. The summed E-state index contributed by atoms with van der Waals surface area (Å²) in [6.07, 6.45) is 2.18. The number of piperidine rings is 1. The van der Waals surface area contributed by atoms with E-state index in [9.17, 15) is 4.79 Å². The molecule has 19 heavy (non-hydrogen) atoms. The quantitative estimate of drug-likeness (QED) is 0.869. The molecule has 5 nitrogen and oxygen atoms in total. The van der Waals surface area contributed by atoms with Gasteiger partial charge in [0.2, 0.25) is 5.91 Å². The van der Waals surface area contributed by atoms with Gasteiger partial charge in [-0.2, -0.15) is 0 Å². The van der Waals surface area contributed by atoms with E-state index in [0.29, 0.717) is 12.5 Å². The minimum atomic E-state index is -0.259. The van der Waals surface area contributed by atoms with E-state index in [1.165, 1.54) is 0 Å². The van der Waals surface area contributed by atoms with Gasteiger partial charge in [-0.25, -0.2) is 4.98 Å². The average molecular weight is 258 g/mol. The number of likely N-dealkylation sites (tertiary alicyclic amines) is 1. The second-order valence-electron chi connectivity index (χ2n) is 5.18. The van der Waals surface area contributed by atoms with Crippen molar-refractivity contribution in [3.8, 4) is 0 Å². The SMILES string of the molecule is NC(=O)CN1CCCC(c2nc3ccccc3[nH]2)C1. The molecule has 1 aromatic heterocycles. The number of rotatable bonds is 3. The predicted molar refractivity (Wildman–Crippen MR) is 73.7 cm³/mol. The minimum Gasteiger partial charge on any atom is -0.369 e. The Morgan fingerprint density at radius 2 is 2.32 bits per heavy atom. The van der Waals surface area contributed by atoms with Gasteiger partial charge in [-0.15, -0.1) is 0 Å². The number of aromatic nitrogens is 2. The molecule has 1 aromatic carbocycles.